The van der Waals surface area contributed by atoms with E-state index in [4.69, 9.17) is 0 Å². The molecule has 70 valence electrons. The van der Waals surface area contributed by atoms with Crippen molar-refractivity contribution in [3.8, 4) is 0 Å². The van der Waals surface area contributed by atoms with Gasteiger partial charge in [-0.25, -0.2) is 9.18 Å². The Morgan fingerprint density at radius 3 is 2.33 bits per heavy atom. The van der Waals surface area contributed by atoms with Gasteiger partial charge in [0.15, 0.2) is 13.3 Å². The normalized spacial score (nSPS) is 11.0. The van der Waals surface area contributed by atoms with Crippen molar-refractivity contribution in [2.24, 2.45) is 0 Å². The van der Waals surface area contributed by atoms with Gasteiger partial charge in [0.25, 0.3) is 0 Å². The fourth-order valence-corrected chi connectivity index (χ4v) is 0.288. The Bertz CT molecular complexity index is 190. The number of esters is 1. The predicted molar refractivity (Wildman–Crippen MR) is 32.1 cm³/mol. The predicted octanol–water partition coefficient (Wildman–Crippen LogP) is 1.62. The van der Waals surface area contributed by atoms with E-state index in [0.29, 0.717) is 0 Å². The zero-order chi connectivity index (χ0) is 9.78. The van der Waals surface area contributed by atoms with E-state index in [0.717, 1.165) is 0 Å². The van der Waals surface area contributed by atoms with Crippen molar-refractivity contribution in [2.45, 2.75) is 5.92 Å². The molecule has 0 heterocycles. The Kier molecular flexibility index (Phi) is 3.72. The third-order valence-corrected chi connectivity index (χ3v) is 0.831. The molecule has 0 saturated carbocycles. The Balaban J connectivity index is 3.83. The number of carbonyl (C=O) groups is 1. The van der Waals surface area contributed by atoms with E-state index in [1.807, 2.05) is 0 Å². The van der Waals surface area contributed by atoms with E-state index in [2.05, 4.69) is 11.3 Å². The van der Waals surface area contributed by atoms with E-state index >= 15 is 0 Å². The van der Waals surface area contributed by atoms with E-state index in [1.54, 1.807) is 0 Å². The molecule has 0 saturated heterocycles. The monoisotopic (exact) mass is 186 g/mol. The van der Waals surface area contributed by atoms with E-state index in [-0.39, 0.29) is 0 Å². The first-order valence-electron chi connectivity index (χ1n) is 2.84. The number of carbonyl (C=O) groups excluding carboxylic acids is 1. The summed E-state index contributed by atoms with van der Waals surface area (Å²) in [5.74, 6) is -6.86. The van der Waals surface area contributed by atoms with Crippen molar-refractivity contribution < 1.29 is 27.1 Å². The molecule has 0 aliphatic carbocycles. The van der Waals surface area contributed by atoms with E-state index < -0.39 is 31.0 Å². The third-order valence-electron chi connectivity index (χ3n) is 0.831. The molecule has 0 spiro atoms. The lowest BCUT2D eigenvalue weighted by atomic mass is 10.4. The zero-order valence-electron chi connectivity index (χ0n) is 5.95. The van der Waals surface area contributed by atoms with Crippen LogP contribution in [0.3, 0.4) is 0 Å². The molecule has 0 amide bonds. The average Bonchev–Trinajstić information content (AvgIpc) is 2.00. The van der Waals surface area contributed by atoms with Gasteiger partial charge in [-0.1, -0.05) is 6.58 Å². The van der Waals surface area contributed by atoms with Crippen molar-refractivity contribution in [3.63, 3.8) is 0 Å². The molecule has 2 nitrogen and oxygen atoms in total. The molecule has 0 aromatic rings. The lowest BCUT2D eigenvalue weighted by molar-refractivity contribution is -0.153. The van der Waals surface area contributed by atoms with Gasteiger partial charge in [0.1, 0.15) is 0 Å². The van der Waals surface area contributed by atoms with Crippen LogP contribution in [-0.2, 0) is 9.53 Å². The van der Waals surface area contributed by atoms with Crippen LogP contribution in [0.4, 0.5) is 17.6 Å². The lowest BCUT2D eigenvalue weighted by Crippen LogP contribution is -2.27. The average molecular weight is 186 g/mol. The molecule has 0 unspecified atom stereocenters. The smallest absolute Gasteiger partial charge is 0.366 e. The highest BCUT2D eigenvalue weighted by Crippen LogP contribution is 2.14. The molecule has 0 fully saturated rings. The van der Waals surface area contributed by atoms with Crippen LogP contribution in [0.15, 0.2) is 12.4 Å². The maximum atomic E-state index is 12.0. The first kappa shape index (κ1) is 10.9. The number of halogens is 4. The van der Waals surface area contributed by atoms with E-state index in [1.165, 1.54) is 0 Å². The molecule has 6 heteroatoms. The quantitative estimate of drug-likeness (QED) is 0.379. The second-order valence-electron chi connectivity index (χ2n) is 1.97. The van der Waals surface area contributed by atoms with Crippen molar-refractivity contribution >= 4 is 5.97 Å². The Morgan fingerprint density at radius 2 is 2.00 bits per heavy atom. The standard InChI is InChI=1S/C6H6F4O2/c1-4(8)5(11)12-3-6(9,10)2-7/h1-3H2. The fourth-order valence-electron chi connectivity index (χ4n) is 0.288. The van der Waals surface area contributed by atoms with Crippen molar-refractivity contribution in [1.29, 1.82) is 0 Å². The first-order chi connectivity index (χ1) is 5.39. The molecule has 0 aliphatic heterocycles. The van der Waals surface area contributed by atoms with Crippen molar-refractivity contribution in [1.82, 2.24) is 0 Å². The molecule has 0 aromatic carbocycles. The van der Waals surface area contributed by atoms with Gasteiger partial charge in [0.05, 0.1) is 0 Å². The van der Waals surface area contributed by atoms with Gasteiger partial charge in [-0.3, -0.25) is 0 Å². The molecule has 0 atom stereocenters. The van der Waals surface area contributed by atoms with Crippen molar-refractivity contribution in [2.75, 3.05) is 13.3 Å². The minimum atomic E-state index is -3.76. The van der Waals surface area contributed by atoms with Crippen LogP contribution >= 0.6 is 0 Å². The molecule has 12 heavy (non-hydrogen) atoms. The first-order valence-corrected chi connectivity index (χ1v) is 2.84. The molecule has 0 N–H and O–H groups in total. The van der Waals surface area contributed by atoms with Gasteiger partial charge in [-0.15, -0.1) is 0 Å². The van der Waals surface area contributed by atoms with Crippen LogP contribution in [0.1, 0.15) is 0 Å². The summed E-state index contributed by atoms with van der Waals surface area (Å²) >= 11 is 0. The second kappa shape index (κ2) is 4.08. The zero-order valence-corrected chi connectivity index (χ0v) is 5.95. The minimum absolute atomic E-state index is 1.48. The maximum absolute atomic E-state index is 12.0. The van der Waals surface area contributed by atoms with Gasteiger partial charge < -0.3 is 4.74 Å². The van der Waals surface area contributed by atoms with Gasteiger partial charge in [0, 0.05) is 0 Å². The van der Waals surface area contributed by atoms with Gasteiger partial charge >= 0.3 is 11.9 Å². The summed E-state index contributed by atoms with van der Waals surface area (Å²) < 4.78 is 50.7. The van der Waals surface area contributed by atoms with Crippen LogP contribution in [0.2, 0.25) is 0 Å². The lowest BCUT2D eigenvalue weighted by Gasteiger charge is -2.10. The van der Waals surface area contributed by atoms with Gasteiger partial charge in [0.2, 0.25) is 5.83 Å². The van der Waals surface area contributed by atoms with Gasteiger partial charge in [-0.2, -0.15) is 13.2 Å². The summed E-state index contributed by atoms with van der Waals surface area (Å²) in [4.78, 5) is 10.2. The van der Waals surface area contributed by atoms with Crippen LogP contribution in [0, 0.1) is 0 Å². The highest BCUT2D eigenvalue weighted by molar-refractivity contribution is 5.85. The van der Waals surface area contributed by atoms with Crippen molar-refractivity contribution in [3.05, 3.63) is 12.4 Å². The summed E-state index contributed by atoms with van der Waals surface area (Å²) in [7, 11) is 0. The molecule has 0 aliphatic rings. The molecule has 0 aromatic heterocycles. The van der Waals surface area contributed by atoms with Crippen LogP contribution < -0.4 is 0 Å². The maximum Gasteiger partial charge on any atom is 0.366 e. The summed E-state index contributed by atoms with van der Waals surface area (Å²) in [5.41, 5.74) is 0. The number of ether oxygens (including phenoxy) is 1. The molecular formula is C6H6F4O2. The van der Waals surface area contributed by atoms with Crippen LogP contribution in [-0.4, -0.2) is 25.2 Å². The largest absolute Gasteiger partial charge is 0.454 e. The molecule has 0 bridgehead atoms. The minimum Gasteiger partial charge on any atom is -0.454 e. The highest BCUT2D eigenvalue weighted by Gasteiger charge is 2.31. The Labute approximate surface area is 65.8 Å². The SMILES string of the molecule is C=C(F)C(=O)OCC(F)(F)CF. The summed E-state index contributed by atoms with van der Waals surface area (Å²) in [6.07, 6.45) is 0. The van der Waals surface area contributed by atoms with E-state index in [9.17, 15) is 22.4 Å². The number of alkyl halides is 3. The summed E-state index contributed by atoms with van der Waals surface area (Å²) in [6, 6.07) is 0. The summed E-state index contributed by atoms with van der Waals surface area (Å²) in [5, 5.41) is 0. The Morgan fingerprint density at radius 1 is 1.50 bits per heavy atom. The third kappa shape index (κ3) is 3.95. The second-order valence-corrected chi connectivity index (χ2v) is 1.97. The molecule has 0 rings (SSSR count). The fraction of sp³-hybridized carbons (Fsp3) is 0.500. The van der Waals surface area contributed by atoms with Crippen LogP contribution in [0.25, 0.3) is 0 Å². The Hall–Kier alpha value is -1.07. The number of rotatable bonds is 4. The van der Waals surface area contributed by atoms with Crippen LogP contribution in [0.5, 0.6) is 0 Å². The summed E-state index contributed by atoms with van der Waals surface area (Å²) in [6.45, 7) is -0.938. The highest BCUT2D eigenvalue weighted by atomic mass is 19.3. The number of hydrogen-bond donors (Lipinski definition) is 0. The number of hydrogen-bond acceptors (Lipinski definition) is 2. The van der Waals surface area contributed by atoms with Gasteiger partial charge in [-0.05, 0) is 0 Å². The molecule has 0 radical (unpaired) electrons. The topological polar surface area (TPSA) is 26.3 Å². The molecular weight excluding hydrogens is 180 g/mol.